The van der Waals surface area contributed by atoms with Gasteiger partial charge in [-0.15, -0.1) is 0 Å². The lowest BCUT2D eigenvalue weighted by atomic mass is 9.94. The van der Waals surface area contributed by atoms with E-state index in [1.54, 1.807) is 12.4 Å². The molecule has 2 rings (SSSR count). The minimum Gasteiger partial charge on any atom is -0.348 e. The maximum atomic E-state index is 11.8. The highest BCUT2D eigenvalue weighted by Gasteiger charge is 2.23. The van der Waals surface area contributed by atoms with Crippen molar-refractivity contribution in [2.45, 2.75) is 38.1 Å². The average Bonchev–Trinajstić information content (AvgIpc) is 2.38. The lowest BCUT2D eigenvalue weighted by molar-refractivity contribution is 0.416. The second-order valence-corrected chi connectivity index (χ2v) is 5.21. The van der Waals surface area contributed by atoms with E-state index in [0.29, 0.717) is 11.9 Å². The molecule has 1 heterocycles. The van der Waals surface area contributed by atoms with Gasteiger partial charge in [-0.1, -0.05) is 35.2 Å². The van der Waals surface area contributed by atoms with E-state index in [-0.39, 0.29) is 5.56 Å². The normalized spacial score (nSPS) is 17.0. The second kappa shape index (κ2) is 6.19. The Morgan fingerprint density at radius 3 is 2.82 bits per heavy atom. The quantitative estimate of drug-likeness (QED) is 0.868. The Hall–Kier alpha value is -0.840. The van der Waals surface area contributed by atoms with Gasteiger partial charge in [0.1, 0.15) is 0 Å². The number of nitrogens with one attached hydrogen (secondary N) is 1. The zero-order chi connectivity index (χ0) is 12.1. The van der Waals surface area contributed by atoms with Crippen LogP contribution >= 0.6 is 15.9 Å². The van der Waals surface area contributed by atoms with Gasteiger partial charge in [0.15, 0.2) is 5.82 Å². The number of aromatic nitrogens is 2. The van der Waals surface area contributed by atoms with Crippen LogP contribution in [0.5, 0.6) is 0 Å². The third-order valence-electron chi connectivity index (χ3n) is 3.30. The average molecular weight is 300 g/mol. The summed E-state index contributed by atoms with van der Waals surface area (Å²) in [5, 5.41) is 0.861. The Balaban J connectivity index is 2.21. The minimum atomic E-state index is -0.0842. The summed E-state index contributed by atoms with van der Waals surface area (Å²) in [7, 11) is 0. The van der Waals surface area contributed by atoms with E-state index in [9.17, 15) is 4.79 Å². The maximum absolute atomic E-state index is 11.8. The van der Waals surface area contributed by atoms with Crippen molar-refractivity contribution >= 4 is 21.7 Å². The molecule has 1 aromatic rings. The third-order valence-corrected chi connectivity index (χ3v) is 3.66. The Bertz CT molecular complexity index is 401. The van der Waals surface area contributed by atoms with Crippen molar-refractivity contribution in [3.63, 3.8) is 0 Å². The maximum Gasteiger partial charge on any atom is 0.290 e. The van der Waals surface area contributed by atoms with Crippen LogP contribution in [0.2, 0.25) is 0 Å². The molecule has 0 aromatic carbocycles. The molecule has 0 spiro atoms. The molecule has 94 valence electrons. The van der Waals surface area contributed by atoms with Gasteiger partial charge in [0.25, 0.3) is 5.56 Å². The van der Waals surface area contributed by atoms with Gasteiger partial charge in [-0.2, -0.15) is 0 Å². The smallest absolute Gasteiger partial charge is 0.290 e. The fourth-order valence-electron chi connectivity index (χ4n) is 2.49. The van der Waals surface area contributed by atoms with E-state index in [1.165, 1.54) is 32.1 Å². The summed E-state index contributed by atoms with van der Waals surface area (Å²) in [6, 6.07) is 0.470. The second-order valence-electron chi connectivity index (χ2n) is 4.42. The van der Waals surface area contributed by atoms with Crippen molar-refractivity contribution in [1.82, 2.24) is 9.97 Å². The Labute approximate surface area is 110 Å². The summed E-state index contributed by atoms with van der Waals surface area (Å²) in [4.78, 5) is 20.9. The topological polar surface area (TPSA) is 49.0 Å². The number of hydrogen-bond donors (Lipinski definition) is 1. The Kier molecular flexibility index (Phi) is 4.59. The van der Waals surface area contributed by atoms with E-state index in [2.05, 4.69) is 30.8 Å². The van der Waals surface area contributed by atoms with E-state index in [4.69, 9.17) is 0 Å². The monoisotopic (exact) mass is 299 g/mol. The molecule has 0 saturated heterocycles. The number of nitrogens with zero attached hydrogens (tertiary/aromatic N) is 2. The largest absolute Gasteiger partial charge is 0.348 e. The van der Waals surface area contributed by atoms with Crippen molar-refractivity contribution in [3.8, 4) is 0 Å². The number of aromatic amines is 1. The molecule has 1 saturated carbocycles. The lowest BCUT2D eigenvalue weighted by Crippen LogP contribution is -2.41. The molecule has 0 radical (unpaired) electrons. The molecule has 1 aromatic heterocycles. The van der Waals surface area contributed by atoms with Crippen LogP contribution in [0.25, 0.3) is 0 Å². The highest BCUT2D eigenvalue weighted by atomic mass is 79.9. The van der Waals surface area contributed by atoms with Crippen molar-refractivity contribution in [2.75, 3.05) is 16.8 Å². The first-order chi connectivity index (χ1) is 8.33. The molecule has 17 heavy (non-hydrogen) atoms. The van der Waals surface area contributed by atoms with Gasteiger partial charge in [-0.25, -0.2) is 4.98 Å². The first-order valence-corrected chi connectivity index (χ1v) is 7.31. The van der Waals surface area contributed by atoms with Crippen molar-refractivity contribution in [3.05, 3.63) is 22.7 Å². The molecule has 1 fully saturated rings. The summed E-state index contributed by atoms with van der Waals surface area (Å²) >= 11 is 3.46. The zero-order valence-corrected chi connectivity index (χ0v) is 11.4. The summed E-state index contributed by atoms with van der Waals surface area (Å²) in [5.41, 5.74) is -0.0842. The van der Waals surface area contributed by atoms with Crippen LogP contribution in [0, 0.1) is 0 Å². The molecule has 1 aliphatic rings. The first-order valence-electron chi connectivity index (χ1n) is 6.19. The van der Waals surface area contributed by atoms with Crippen LogP contribution in [-0.4, -0.2) is 27.9 Å². The molecule has 4 nitrogen and oxygen atoms in total. The minimum absolute atomic E-state index is 0.0842. The fraction of sp³-hybridized carbons (Fsp3) is 0.667. The fourth-order valence-corrected chi connectivity index (χ4v) is 2.88. The molecule has 1 N–H and O–H groups in total. The lowest BCUT2D eigenvalue weighted by Gasteiger charge is -2.34. The van der Waals surface area contributed by atoms with Crippen LogP contribution in [0.4, 0.5) is 5.82 Å². The molecule has 0 aliphatic heterocycles. The van der Waals surface area contributed by atoms with Crippen LogP contribution in [-0.2, 0) is 0 Å². The zero-order valence-electron chi connectivity index (χ0n) is 9.86. The van der Waals surface area contributed by atoms with Crippen LogP contribution in [0.3, 0.4) is 0 Å². The van der Waals surface area contributed by atoms with Gasteiger partial charge in [-0.3, -0.25) is 4.79 Å². The van der Waals surface area contributed by atoms with Crippen molar-refractivity contribution < 1.29 is 0 Å². The highest BCUT2D eigenvalue weighted by Crippen LogP contribution is 2.24. The number of alkyl halides is 1. The van der Waals surface area contributed by atoms with Crippen LogP contribution in [0.15, 0.2) is 17.2 Å². The van der Waals surface area contributed by atoms with E-state index < -0.39 is 0 Å². The summed E-state index contributed by atoms with van der Waals surface area (Å²) < 4.78 is 0. The molecule has 0 atom stereocenters. The molecule has 0 unspecified atom stereocenters. The van der Waals surface area contributed by atoms with Crippen molar-refractivity contribution in [1.29, 1.82) is 0 Å². The molecule has 5 heteroatoms. The standard InChI is InChI=1S/C12H18BrN3O/c13-6-9-16(10-4-2-1-3-5-10)11-12(17)15-8-7-14-11/h7-8,10H,1-6,9H2,(H,15,17). The molecular formula is C12H18BrN3O. The highest BCUT2D eigenvalue weighted by molar-refractivity contribution is 9.09. The van der Waals surface area contributed by atoms with Gasteiger partial charge >= 0.3 is 0 Å². The number of rotatable bonds is 4. The van der Waals surface area contributed by atoms with E-state index in [1.807, 2.05) is 0 Å². The molecule has 1 aliphatic carbocycles. The van der Waals surface area contributed by atoms with E-state index >= 15 is 0 Å². The predicted molar refractivity (Wildman–Crippen MR) is 72.9 cm³/mol. The number of halogens is 1. The van der Waals surface area contributed by atoms with Gasteiger partial charge in [-0.05, 0) is 12.8 Å². The Morgan fingerprint density at radius 2 is 2.18 bits per heavy atom. The third kappa shape index (κ3) is 3.09. The predicted octanol–water partition coefficient (Wildman–Crippen LogP) is 2.30. The summed E-state index contributed by atoms with van der Waals surface area (Å²) in [6.07, 6.45) is 9.41. The molecule has 0 amide bonds. The van der Waals surface area contributed by atoms with Gasteiger partial charge in [0, 0.05) is 30.3 Å². The van der Waals surface area contributed by atoms with Crippen LogP contribution in [0.1, 0.15) is 32.1 Å². The van der Waals surface area contributed by atoms with Gasteiger partial charge in [0.2, 0.25) is 0 Å². The molecular weight excluding hydrogens is 282 g/mol. The number of H-pyrrole nitrogens is 1. The van der Waals surface area contributed by atoms with E-state index in [0.717, 1.165) is 11.9 Å². The molecule has 0 bridgehead atoms. The number of anilines is 1. The summed E-state index contributed by atoms with van der Waals surface area (Å²) in [6.45, 7) is 0.838. The summed E-state index contributed by atoms with van der Waals surface area (Å²) in [5.74, 6) is 0.568. The Morgan fingerprint density at radius 1 is 1.41 bits per heavy atom. The van der Waals surface area contributed by atoms with Crippen molar-refractivity contribution in [2.24, 2.45) is 0 Å². The first kappa shape index (κ1) is 12.6. The SMILES string of the molecule is O=c1[nH]ccnc1N(CCBr)C1CCCCC1. The van der Waals surface area contributed by atoms with Gasteiger partial charge < -0.3 is 9.88 Å². The number of hydrogen-bond acceptors (Lipinski definition) is 3. The van der Waals surface area contributed by atoms with Gasteiger partial charge in [0.05, 0.1) is 0 Å². The van der Waals surface area contributed by atoms with Crippen LogP contribution < -0.4 is 10.5 Å².